The summed E-state index contributed by atoms with van der Waals surface area (Å²) in [7, 11) is 1.25. The standard InChI is InChI=1S/C25H23N5O10S2/c1-11(31)38-16-7-5-13(8-17(16)39-12(2)32)4-6-14-9-41-23-19(21(34)30(23)22(14)40-25(35)36)28-20(33)18(29-37-3)15-10-42-24(26)27-15/h4-8,10,19,23H,9H2,1-3H3,(H2,26,27)(H,28,33)(H,35,36)/b6-4?,29-18-/t19-,23-/m1/s1. The first kappa shape index (κ1) is 30.1. The summed E-state index contributed by atoms with van der Waals surface area (Å²) in [6, 6.07) is 3.44. The maximum atomic E-state index is 13.1. The number of fused-ring (bicyclic) bond motifs is 1. The van der Waals surface area contributed by atoms with E-state index >= 15 is 0 Å². The van der Waals surface area contributed by atoms with E-state index < -0.39 is 41.3 Å². The molecule has 1 aromatic carbocycles. The Morgan fingerprint density at radius 3 is 2.48 bits per heavy atom. The Labute approximate surface area is 245 Å². The van der Waals surface area contributed by atoms with Crippen molar-refractivity contribution in [1.29, 1.82) is 0 Å². The van der Waals surface area contributed by atoms with Gasteiger partial charge in [-0.1, -0.05) is 23.4 Å². The zero-order valence-electron chi connectivity index (χ0n) is 22.2. The second-order valence-electron chi connectivity index (χ2n) is 8.48. The maximum Gasteiger partial charge on any atom is 0.512 e. The Kier molecular flexibility index (Phi) is 9.12. The number of aromatic nitrogens is 1. The van der Waals surface area contributed by atoms with Gasteiger partial charge in [-0.25, -0.2) is 9.78 Å². The van der Waals surface area contributed by atoms with Crippen molar-refractivity contribution in [3.63, 3.8) is 0 Å². The quantitative estimate of drug-likeness (QED) is 0.121. The SMILES string of the molecule is CO/N=C(\C(=O)N[C@@H]1C(=O)N2C(OC(=O)O)=C(C=Cc3ccc(OC(C)=O)c(OC(C)=O)c3)CS[C@H]12)c1csc(N)n1. The summed E-state index contributed by atoms with van der Waals surface area (Å²) in [5.74, 6) is -2.55. The number of benzene rings is 1. The summed E-state index contributed by atoms with van der Waals surface area (Å²) >= 11 is 2.36. The van der Waals surface area contributed by atoms with Crippen LogP contribution in [-0.2, 0) is 28.8 Å². The van der Waals surface area contributed by atoms with E-state index in [1.165, 1.54) is 56.3 Å². The summed E-state index contributed by atoms with van der Waals surface area (Å²) in [6.07, 6.45) is 1.47. The molecule has 0 aliphatic carbocycles. The Hall–Kier alpha value is -4.90. The molecule has 0 radical (unpaired) electrons. The van der Waals surface area contributed by atoms with Crippen LogP contribution in [0.3, 0.4) is 0 Å². The van der Waals surface area contributed by atoms with Gasteiger partial charge >= 0.3 is 18.1 Å². The number of carbonyl (C=O) groups excluding carboxylic acids is 4. The number of allylic oxidation sites excluding steroid dienone is 1. The minimum absolute atomic E-state index is 0.00199. The van der Waals surface area contributed by atoms with Crippen molar-refractivity contribution in [2.24, 2.45) is 5.16 Å². The van der Waals surface area contributed by atoms with E-state index in [4.69, 9.17) is 24.8 Å². The minimum atomic E-state index is -1.64. The van der Waals surface area contributed by atoms with Crippen LogP contribution >= 0.6 is 23.1 Å². The lowest BCUT2D eigenvalue weighted by atomic mass is 10.0. The molecule has 0 saturated carbocycles. The summed E-state index contributed by atoms with van der Waals surface area (Å²) in [4.78, 5) is 70.3. The number of carboxylic acid groups (broad SMARTS) is 1. The Bertz CT molecular complexity index is 1550. The third-order valence-electron chi connectivity index (χ3n) is 5.53. The predicted molar refractivity (Wildman–Crippen MR) is 149 cm³/mol. The van der Waals surface area contributed by atoms with Crippen LogP contribution in [0.2, 0.25) is 0 Å². The van der Waals surface area contributed by atoms with E-state index in [-0.39, 0.29) is 39.7 Å². The van der Waals surface area contributed by atoms with Crippen LogP contribution in [0.1, 0.15) is 25.1 Å². The molecular weight excluding hydrogens is 594 g/mol. The molecule has 3 heterocycles. The molecule has 0 bridgehead atoms. The van der Waals surface area contributed by atoms with Gasteiger partial charge in [-0.15, -0.1) is 23.1 Å². The molecule has 1 aromatic heterocycles. The number of β-lactam (4-membered cyclic amide) rings is 1. The van der Waals surface area contributed by atoms with Crippen molar-refractivity contribution < 1.29 is 48.1 Å². The molecule has 2 amide bonds. The number of anilines is 1. The number of thiazole rings is 1. The predicted octanol–water partition coefficient (Wildman–Crippen LogP) is 1.95. The van der Waals surface area contributed by atoms with Crippen molar-refractivity contribution >= 4 is 69.9 Å². The number of amides is 2. The number of nitrogens with one attached hydrogen (secondary N) is 1. The minimum Gasteiger partial charge on any atom is -0.449 e. The third kappa shape index (κ3) is 6.69. The molecule has 1 fully saturated rings. The molecule has 0 spiro atoms. The van der Waals surface area contributed by atoms with Gasteiger partial charge in [0.25, 0.3) is 11.8 Å². The summed E-state index contributed by atoms with van der Waals surface area (Å²) in [6.45, 7) is 2.39. The van der Waals surface area contributed by atoms with Gasteiger partial charge in [0.2, 0.25) is 5.88 Å². The van der Waals surface area contributed by atoms with Crippen LogP contribution in [0.5, 0.6) is 11.5 Å². The van der Waals surface area contributed by atoms with E-state index in [0.717, 1.165) is 16.2 Å². The van der Waals surface area contributed by atoms with Crippen LogP contribution in [0, 0.1) is 0 Å². The van der Waals surface area contributed by atoms with Gasteiger partial charge in [0.1, 0.15) is 24.2 Å². The van der Waals surface area contributed by atoms with Gasteiger partial charge in [0.05, 0.1) is 0 Å². The third-order valence-corrected chi connectivity index (χ3v) is 7.51. The lowest BCUT2D eigenvalue weighted by Gasteiger charge is -2.48. The molecule has 2 aliphatic heterocycles. The Morgan fingerprint density at radius 2 is 1.86 bits per heavy atom. The zero-order chi connectivity index (χ0) is 30.6. The van der Waals surface area contributed by atoms with Crippen LogP contribution < -0.4 is 20.5 Å². The monoisotopic (exact) mass is 617 g/mol. The van der Waals surface area contributed by atoms with Crippen LogP contribution in [0.15, 0.2) is 46.3 Å². The number of oxime groups is 1. The van der Waals surface area contributed by atoms with Gasteiger partial charge in [-0.3, -0.25) is 24.1 Å². The highest BCUT2D eigenvalue weighted by molar-refractivity contribution is 8.00. The summed E-state index contributed by atoms with van der Waals surface area (Å²) in [5, 5.41) is 16.7. The number of thioether (sulfide) groups is 1. The molecular formula is C25H23N5O10S2. The normalized spacial score (nSPS) is 18.2. The molecule has 15 nitrogen and oxygen atoms in total. The number of rotatable bonds is 9. The smallest absolute Gasteiger partial charge is 0.449 e. The topological polar surface area (TPSA) is 209 Å². The maximum absolute atomic E-state index is 13.1. The highest BCUT2D eigenvalue weighted by Crippen LogP contribution is 2.41. The van der Waals surface area contributed by atoms with Crippen LogP contribution in [0.4, 0.5) is 9.93 Å². The number of nitrogen functional groups attached to an aromatic ring is 1. The van der Waals surface area contributed by atoms with Gasteiger partial charge in [-0.05, 0) is 17.7 Å². The number of esters is 2. The molecule has 220 valence electrons. The number of ether oxygens (including phenoxy) is 3. The van der Waals surface area contributed by atoms with Crippen molar-refractivity contribution in [3.05, 3.63) is 52.4 Å². The van der Waals surface area contributed by atoms with E-state index in [2.05, 4.69) is 15.5 Å². The van der Waals surface area contributed by atoms with Gasteiger partial charge in [0, 0.05) is 30.6 Å². The lowest BCUT2D eigenvalue weighted by molar-refractivity contribution is -0.148. The average Bonchev–Trinajstić information content (AvgIpc) is 3.35. The lowest BCUT2D eigenvalue weighted by Crippen LogP contribution is -2.70. The van der Waals surface area contributed by atoms with Crippen LogP contribution in [0.25, 0.3) is 6.08 Å². The molecule has 2 atom stereocenters. The molecule has 2 aliphatic rings. The fourth-order valence-corrected chi connectivity index (χ4v) is 5.74. The van der Waals surface area contributed by atoms with Crippen LogP contribution in [-0.4, -0.2) is 74.9 Å². The van der Waals surface area contributed by atoms with Crippen molar-refractivity contribution in [2.45, 2.75) is 25.3 Å². The average molecular weight is 618 g/mol. The second kappa shape index (κ2) is 12.7. The van der Waals surface area contributed by atoms with Crippen molar-refractivity contribution in [1.82, 2.24) is 15.2 Å². The van der Waals surface area contributed by atoms with Crippen molar-refractivity contribution in [3.8, 4) is 11.5 Å². The molecule has 42 heavy (non-hydrogen) atoms. The fraction of sp³-hybridized carbons (Fsp3) is 0.240. The van der Waals surface area contributed by atoms with E-state index in [0.29, 0.717) is 11.1 Å². The van der Waals surface area contributed by atoms with E-state index in [1.807, 2.05) is 0 Å². The fourth-order valence-electron chi connectivity index (χ4n) is 3.89. The first-order valence-corrected chi connectivity index (χ1v) is 13.8. The molecule has 1 saturated heterocycles. The van der Waals surface area contributed by atoms with E-state index in [1.54, 1.807) is 12.1 Å². The molecule has 2 aromatic rings. The number of carbonyl (C=O) groups is 5. The molecule has 0 unspecified atom stereocenters. The Morgan fingerprint density at radius 1 is 1.14 bits per heavy atom. The number of nitrogens with zero attached hydrogens (tertiary/aromatic N) is 3. The van der Waals surface area contributed by atoms with Gasteiger partial charge in [-0.2, -0.15) is 0 Å². The highest BCUT2D eigenvalue weighted by atomic mass is 32.2. The summed E-state index contributed by atoms with van der Waals surface area (Å²) in [5.41, 5.74) is 6.48. The van der Waals surface area contributed by atoms with Crippen molar-refractivity contribution in [2.75, 3.05) is 18.6 Å². The first-order chi connectivity index (χ1) is 20.0. The molecule has 4 rings (SSSR count). The zero-order valence-corrected chi connectivity index (χ0v) is 23.8. The largest absolute Gasteiger partial charge is 0.512 e. The number of hydrogen-bond donors (Lipinski definition) is 3. The Balaban J connectivity index is 1.56. The molecule has 17 heteroatoms. The first-order valence-electron chi connectivity index (χ1n) is 11.9. The number of nitrogens with two attached hydrogens (primary N) is 1. The van der Waals surface area contributed by atoms with E-state index in [9.17, 15) is 29.1 Å². The number of hydrogen-bond acceptors (Lipinski definition) is 14. The van der Waals surface area contributed by atoms with Gasteiger partial charge in [0.15, 0.2) is 22.3 Å². The molecule has 4 N–H and O–H groups in total. The van der Waals surface area contributed by atoms with Gasteiger partial charge < -0.3 is 35.2 Å². The summed E-state index contributed by atoms with van der Waals surface area (Å²) < 4.78 is 15.2. The second-order valence-corrected chi connectivity index (χ2v) is 10.5. The highest BCUT2D eigenvalue weighted by Gasteiger charge is 2.54.